The number of hydrogen-bond donors (Lipinski definition) is 0. The molecule has 3 aliphatic heterocycles. The van der Waals surface area contributed by atoms with Crippen LogP contribution >= 0.6 is 0 Å². The molecule has 0 spiro atoms. The summed E-state index contributed by atoms with van der Waals surface area (Å²) in [5.41, 5.74) is 1.32. The first-order valence-electron chi connectivity index (χ1n) is 9.50. The number of aliphatic imine (C=N–C) groups is 1. The third-order valence-corrected chi connectivity index (χ3v) is 5.75. The third-order valence-electron chi connectivity index (χ3n) is 5.75. The number of rotatable bonds is 4. The number of carbonyl (C=O) groups is 2. The molecular weight excluding hydrogens is 361 g/mol. The molecule has 1 aromatic carbocycles. The Balaban J connectivity index is 1.66. The first kappa shape index (κ1) is 18.5. The van der Waals surface area contributed by atoms with Crippen molar-refractivity contribution in [3.8, 4) is 0 Å². The summed E-state index contributed by atoms with van der Waals surface area (Å²) >= 11 is 0. The molecule has 0 bridgehead atoms. The zero-order valence-electron chi connectivity index (χ0n) is 16.5. The van der Waals surface area contributed by atoms with Crippen LogP contribution in [0, 0.1) is 5.82 Å². The number of urea groups is 1. The van der Waals surface area contributed by atoms with E-state index in [1.165, 1.54) is 11.0 Å². The van der Waals surface area contributed by atoms with Crippen molar-refractivity contribution in [2.45, 2.75) is 52.0 Å². The number of guanidine groups is 1. The van der Waals surface area contributed by atoms with E-state index in [-0.39, 0.29) is 18.5 Å². The van der Waals surface area contributed by atoms with E-state index in [2.05, 4.69) is 18.7 Å². The van der Waals surface area contributed by atoms with Crippen molar-refractivity contribution >= 4 is 17.9 Å². The monoisotopic (exact) mass is 385 g/mol. The molecule has 148 valence electrons. The first-order chi connectivity index (χ1) is 13.3. The van der Waals surface area contributed by atoms with Gasteiger partial charge in [-0.1, -0.05) is 25.1 Å². The van der Waals surface area contributed by atoms with Crippen LogP contribution < -0.4 is 0 Å². The zero-order chi connectivity index (χ0) is 20.2. The lowest BCUT2D eigenvalue weighted by molar-refractivity contribution is -0.137. The number of halogens is 1. The van der Waals surface area contributed by atoms with Crippen molar-refractivity contribution in [2.24, 2.45) is 4.99 Å². The Labute approximate surface area is 163 Å². The fourth-order valence-corrected chi connectivity index (χ4v) is 4.04. The van der Waals surface area contributed by atoms with Crippen LogP contribution in [0.2, 0.25) is 0 Å². The maximum atomic E-state index is 14.1. The summed E-state index contributed by atoms with van der Waals surface area (Å²) in [6.45, 7) is 6.09. The molecule has 28 heavy (non-hydrogen) atoms. The van der Waals surface area contributed by atoms with Gasteiger partial charge in [0.25, 0.3) is 5.91 Å². The number of amides is 3. The largest absolute Gasteiger partial charge is 0.328 e. The van der Waals surface area contributed by atoms with Crippen LogP contribution in [-0.4, -0.2) is 62.8 Å². The quantitative estimate of drug-likeness (QED) is 0.799. The number of hydrogen-bond acceptors (Lipinski definition) is 5. The standard InChI is InChI=1S/C20H24FN5O2/c1-5-12(2)26-13(3)10-24-16-17(22-19(24)26)23(4)20(28)25(18(16)27)11-14-8-6-7-9-15(14)21/h6-10,12,16-17H,5,11H2,1-4H3. The molecule has 0 aromatic heterocycles. The molecule has 7 nitrogen and oxygen atoms in total. The molecule has 8 heteroatoms. The Bertz CT molecular complexity index is 898. The van der Waals surface area contributed by atoms with Crippen molar-refractivity contribution < 1.29 is 14.0 Å². The fourth-order valence-electron chi connectivity index (χ4n) is 4.04. The number of benzene rings is 1. The highest BCUT2D eigenvalue weighted by molar-refractivity contribution is 6.04. The van der Waals surface area contributed by atoms with Gasteiger partial charge in [0, 0.05) is 30.5 Å². The van der Waals surface area contributed by atoms with E-state index in [1.54, 1.807) is 25.2 Å². The lowest BCUT2D eigenvalue weighted by Gasteiger charge is -2.40. The van der Waals surface area contributed by atoms with Crippen LogP contribution in [-0.2, 0) is 11.3 Å². The van der Waals surface area contributed by atoms with Crippen molar-refractivity contribution in [1.82, 2.24) is 19.6 Å². The van der Waals surface area contributed by atoms with Gasteiger partial charge in [0.1, 0.15) is 5.82 Å². The molecule has 1 fully saturated rings. The van der Waals surface area contributed by atoms with Crippen LogP contribution in [0.5, 0.6) is 0 Å². The molecule has 0 saturated carbocycles. The second kappa shape index (κ2) is 6.61. The molecular formula is C20H24FN5O2. The Morgan fingerprint density at radius 1 is 1.25 bits per heavy atom. The van der Waals surface area contributed by atoms with E-state index >= 15 is 0 Å². The summed E-state index contributed by atoms with van der Waals surface area (Å²) < 4.78 is 14.1. The van der Waals surface area contributed by atoms with E-state index in [1.807, 2.05) is 18.0 Å². The average molecular weight is 385 g/mol. The predicted octanol–water partition coefficient (Wildman–Crippen LogP) is 2.56. The minimum Gasteiger partial charge on any atom is -0.312 e. The van der Waals surface area contributed by atoms with Gasteiger partial charge in [-0.2, -0.15) is 0 Å². The van der Waals surface area contributed by atoms with E-state index in [4.69, 9.17) is 4.99 Å². The molecule has 4 rings (SSSR count). The molecule has 1 aromatic rings. The molecule has 0 aliphatic carbocycles. The SMILES string of the molecule is CCC(C)N1C(C)=CN2C1=NC1C2C(=O)N(Cc2ccccc2F)C(=O)N1C. The summed E-state index contributed by atoms with van der Waals surface area (Å²) in [7, 11) is 1.64. The van der Waals surface area contributed by atoms with E-state index in [0.717, 1.165) is 17.0 Å². The Morgan fingerprint density at radius 2 is 1.96 bits per heavy atom. The van der Waals surface area contributed by atoms with E-state index in [0.29, 0.717) is 11.5 Å². The number of nitrogens with zero attached hydrogens (tertiary/aromatic N) is 5. The molecule has 3 atom stereocenters. The smallest absolute Gasteiger partial charge is 0.312 e. The van der Waals surface area contributed by atoms with Gasteiger partial charge in [-0.15, -0.1) is 0 Å². The van der Waals surface area contributed by atoms with Gasteiger partial charge in [-0.3, -0.25) is 9.69 Å². The second-order valence-electron chi connectivity index (χ2n) is 7.50. The molecule has 3 aliphatic rings. The minimum atomic E-state index is -0.631. The topological polar surface area (TPSA) is 59.5 Å². The van der Waals surface area contributed by atoms with Gasteiger partial charge in [-0.05, 0) is 26.3 Å². The van der Waals surface area contributed by atoms with Gasteiger partial charge < -0.3 is 14.7 Å². The van der Waals surface area contributed by atoms with Gasteiger partial charge >= 0.3 is 6.03 Å². The predicted molar refractivity (Wildman–Crippen MR) is 102 cm³/mol. The number of allylic oxidation sites excluding steroid dienone is 1. The summed E-state index contributed by atoms with van der Waals surface area (Å²) in [5, 5.41) is 0. The molecule has 3 amide bonds. The van der Waals surface area contributed by atoms with Crippen LogP contribution in [0.4, 0.5) is 9.18 Å². The minimum absolute atomic E-state index is 0.0984. The molecule has 3 heterocycles. The number of carbonyl (C=O) groups excluding carboxylic acids is 2. The number of fused-ring (bicyclic) bond motifs is 3. The van der Waals surface area contributed by atoms with Crippen LogP contribution in [0.15, 0.2) is 41.2 Å². The summed E-state index contributed by atoms with van der Waals surface area (Å²) in [5.74, 6) is -0.0937. The fraction of sp³-hybridized carbons (Fsp3) is 0.450. The Hall–Kier alpha value is -2.90. The Morgan fingerprint density at radius 3 is 2.64 bits per heavy atom. The molecule has 1 saturated heterocycles. The van der Waals surface area contributed by atoms with Gasteiger partial charge in [-0.25, -0.2) is 14.2 Å². The lowest BCUT2D eigenvalue weighted by Crippen LogP contribution is -2.64. The van der Waals surface area contributed by atoms with Gasteiger partial charge in [0.15, 0.2) is 12.2 Å². The summed E-state index contributed by atoms with van der Waals surface area (Å²) in [4.78, 5) is 37.4. The van der Waals surface area contributed by atoms with Crippen LogP contribution in [0.1, 0.15) is 32.8 Å². The van der Waals surface area contributed by atoms with Crippen molar-refractivity contribution in [2.75, 3.05) is 7.05 Å². The number of imide groups is 1. The van der Waals surface area contributed by atoms with Crippen molar-refractivity contribution in [3.05, 3.63) is 47.5 Å². The zero-order valence-corrected chi connectivity index (χ0v) is 16.5. The average Bonchev–Trinajstić information content (AvgIpc) is 3.18. The maximum absolute atomic E-state index is 14.1. The highest BCUT2D eigenvalue weighted by atomic mass is 19.1. The molecule has 0 N–H and O–H groups in total. The van der Waals surface area contributed by atoms with Crippen LogP contribution in [0.25, 0.3) is 0 Å². The second-order valence-corrected chi connectivity index (χ2v) is 7.50. The highest BCUT2D eigenvalue weighted by Gasteiger charge is 2.54. The number of likely N-dealkylation sites (N-methyl/N-ethyl adjacent to an activating group) is 1. The lowest BCUT2D eigenvalue weighted by atomic mass is 10.1. The van der Waals surface area contributed by atoms with Crippen molar-refractivity contribution in [3.63, 3.8) is 0 Å². The van der Waals surface area contributed by atoms with E-state index in [9.17, 15) is 14.0 Å². The normalized spacial score (nSPS) is 25.0. The molecule has 0 radical (unpaired) electrons. The highest BCUT2D eigenvalue weighted by Crippen LogP contribution is 2.35. The van der Waals surface area contributed by atoms with E-state index < -0.39 is 24.1 Å². The first-order valence-corrected chi connectivity index (χ1v) is 9.50. The maximum Gasteiger partial charge on any atom is 0.328 e. The molecule has 3 unspecified atom stereocenters. The van der Waals surface area contributed by atoms with Gasteiger partial charge in [0.05, 0.1) is 6.54 Å². The van der Waals surface area contributed by atoms with Gasteiger partial charge in [0.2, 0.25) is 5.96 Å². The Kier molecular flexibility index (Phi) is 4.36. The third kappa shape index (κ3) is 2.58. The summed E-state index contributed by atoms with van der Waals surface area (Å²) in [6.07, 6.45) is 2.26. The van der Waals surface area contributed by atoms with Crippen LogP contribution in [0.3, 0.4) is 0 Å². The summed E-state index contributed by atoms with van der Waals surface area (Å²) in [6, 6.07) is 5.32. The van der Waals surface area contributed by atoms with Crippen molar-refractivity contribution in [1.29, 1.82) is 0 Å².